The lowest BCUT2D eigenvalue weighted by Crippen LogP contribution is -2.44. The number of para-hydroxylation sites is 2. The standard InChI is InChI=1S/C24H26N4S/c1-2-7-18(8-3-1)15-20-16-19(12-13-25-20)26-24-27-22-10-4-5-11-23(22)28(24)17-21-9-6-14-29-21/h1-11,14,19-20,25H,12-13,15-17H2,(H,26,27). The van der Waals surface area contributed by atoms with Crippen molar-refractivity contribution in [2.24, 2.45) is 0 Å². The molecule has 2 aromatic heterocycles. The smallest absolute Gasteiger partial charge is 0.204 e. The molecule has 1 saturated heterocycles. The first kappa shape index (κ1) is 18.4. The lowest BCUT2D eigenvalue weighted by molar-refractivity contribution is 0.372. The lowest BCUT2D eigenvalue weighted by Gasteiger charge is -2.31. The van der Waals surface area contributed by atoms with Crippen molar-refractivity contribution in [3.8, 4) is 0 Å². The molecular formula is C24H26N4S. The highest BCUT2D eigenvalue weighted by Gasteiger charge is 2.23. The van der Waals surface area contributed by atoms with Crippen LogP contribution in [-0.2, 0) is 13.0 Å². The predicted molar refractivity (Wildman–Crippen MR) is 122 cm³/mol. The Kier molecular flexibility index (Phi) is 5.33. The van der Waals surface area contributed by atoms with Crippen LogP contribution in [0.25, 0.3) is 11.0 Å². The highest BCUT2D eigenvalue weighted by atomic mass is 32.1. The second kappa shape index (κ2) is 8.39. The van der Waals surface area contributed by atoms with Gasteiger partial charge in [0.1, 0.15) is 0 Å². The van der Waals surface area contributed by atoms with Crippen molar-refractivity contribution < 1.29 is 0 Å². The number of rotatable bonds is 6. The van der Waals surface area contributed by atoms with Crippen LogP contribution in [0.3, 0.4) is 0 Å². The minimum Gasteiger partial charge on any atom is -0.353 e. The molecule has 2 unspecified atom stereocenters. The molecule has 3 heterocycles. The molecule has 5 rings (SSSR count). The number of hydrogen-bond donors (Lipinski definition) is 2. The van der Waals surface area contributed by atoms with Gasteiger partial charge in [-0.25, -0.2) is 4.98 Å². The van der Waals surface area contributed by atoms with Crippen molar-refractivity contribution in [2.75, 3.05) is 11.9 Å². The summed E-state index contributed by atoms with van der Waals surface area (Å²) in [6.45, 7) is 1.90. The van der Waals surface area contributed by atoms with Gasteiger partial charge < -0.3 is 15.2 Å². The highest BCUT2D eigenvalue weighted by Crippen LogP contribution is 2.25. The van der Waals surface area contributed by atoms with Gasteiger partial charge in [0.2, 0.25) is 5.95 Å². The van der Waals surface area contributed by atoms with E-state index in [4.69, 9.17) is 4.98 Å². The number of hydrogen-bond acceptors (Lipinski definition) is 4. The molecule has 0 aliphatic carbocycles. The number of aromatic nitrogens is 2. The van der Waals surface area contributed by atoms with E-state index in [1.807, 2.05) is 0 Å². The summed E-state index contributed by atoms with van der Waals surface area (Å²) in [7, 11) is 0. The van der Waals surface area contributed by atoms with E-state index in [-0.39, 0.29) is 0 Å². The second-order valence-electron chi connectivity index (χ2n) is 7.80. The average Bonchev–Trinajstić information content (AvgIpc) is 3.38. The number of piperidine rings is 1. The SMILES string of the molecule is c1ccc(CC2CC(Nc3nc4ccccc4n3Cc3cccs3)CCN2)cc1. The largest absolute Gasteiger partial charge is 0.353 e. The fraction of sp³-hybridized carbons (Fsp3) is 0.292. The summed E-state index contributed by atoms with van der Waals surface area (Å²) < 4.78 is 2.33. The monoisotopic (exact) mass is 402 g/mol. The molecule has 1 aliphatic rings. The maximum atomic E-state index is 4.93. The number of imidazole rings is 1. The summed E-state index contributed by atoms with van der Waals surface area (Å²) in [5.41, 5.74) is 3.65. The van der Waals surface area contributed by atoms with Crippen LogP contribution in [0.15, 0.2) is 72.1 Å². The Labute approximate surface area is 175 Å². The van der Waals surface area contributed by atoms with E-state index >= 15 is 0 Å². The molecule has 29 heavy (non-hydrogen) atoms. The Morgan fingerprint density at radius 1 is 1.03 bits per heavy atom. The van der Waals surface area contributed by atoms with Crippen molar-refractivity contribution in [3.05, 3.63) is 82.6 Å². The Bertz CT molecular complexity index is 1060. The van der Waals surface area contributed by atoms with Crippen molar-refractivity contribution in [1.29, 1.82) is 0 Å². The topological polar surface area (TPSA) is 41.9 Å². The normalized spacial score (nSPS) is 19.4. The van der Waals surface area contributed by atoms with E-state index < -0.39 is 0 Å². The molecule has 2 atom stereocenters. The van der Waals surface area contributed by atoms with E-state index in [0.29, 0.717) is 12.1 Å². The van der Waals surface area contributed by atoms with Crippen LogP contribution in [0.4, 0.5) is 5.95 Å². The van der Waals surface area contributed by atoms with Gasteiger partial charge in [-0.05, 0) is 54.9 Å². The van der Waals surface area contributed by atoms with Crippen molar-refractivity contribution in [2.45, 2.75) is 37.9 Å². The maximum absolute atomic E-state index is 4.93. The Morgan fingerprint density at radius 2 is 1.90 bits per heavy atom. The van der Waals surface area contributed by atoms with Crippen molar-refractivity contribution in [3.63, 3.8) is 0 Å². The number of nitrogens with zero attached hydrogens (tertiary/aromatic N) is 2. The number of anilines is 1. The van der Waals surface area contributed by atoms with E-state index in [1.54, 1.807) is 11.3 Å². The zero-order valence-electron chi connectivity index (χ0n) is 16.4. The van der Waals surface area contributed by atoms with E-state index in [9.17, 15) is 0 Å². The van der Waals surface area contributed by atoms with Crippen LogP contribution in [0.5, 0.6) is 0 Å². The van der Waals surface area contributed by atoms with Crippen LogP contribution in [0.1, 0.15) is 23.3 Å². The molecule has 0 saturated carbocycles. The van der Waals surface area contributed by atoms with Gasteiger partial charge in [-0.3, -0.25) is 0 Å². The molecule has 0 amide bonds. The van der Waals surface area contributed by atoms with Crippen LogP contribution in [0, 0.1) is 0 Å². The molecule has 148 valence electrons. The summed E-state index contributed by atoms with van der Waals surface area (Å²) in [6, 6.07) is 24.5. The number of thiophene rings is 1. The van der Waals surface area contributed by atoms with Gasteiger partial charge in [-0.15, -0.1) is 11.3 Å². The highest BCUT2D eigenvalue weighted by molar-refractivity contribution is 7.09. The fourth-order valence-electron chi connectivity index (χ4n) is 4.28. The molecule has 2 aromatic carbocycles. The third-order valence-corrected chi connectivity index (χ3v) is 6.56. The molecule has 1 fully saturated rings. The first-order valence-corrected chi connectivity index (χ1v) is 11.2. The van der Waals surface area contributed by atoms with Crippen LogP contribution in [-0.4, -0.2) is 28.2 Å². The second-order valence-corrected chi connectivity index (χ2v) is 8.83. The first-order valence-electron chi connectivity index (χ1n) is 10.4. The minimum absolute atomic E-state index is 0.434. The molecule has 4 nitrogen and oxygen atoms in total. The summed E-state index contributed by atoms with van der Waals surface area (Å²) >= 11 is 1.80. The minimum atomic E-state index is 0.434. The summed E-state index contributed by atoms with van der Waals surface area (Å²) in [6.07, 6.45) is 3.30. The molecule has 2 N–H and O–H groups in total. The molecule has 0 radical (unpaired) electrons. The average molecular weight is 403 g/mol. The van der Waals surface area contributed by atoms with Gasteiger partial charge in [-0.2, -0.15) is 0 Å². The molecule has 1 aliphatic heterocycles. The summed E-state index contributed by atoms with van der Waals surface area (Å²) in [5.74, 6) is 0.991. The van der Waals surface area contributed by atoms with Crippen molar-refractivity contribution in [1.82, 2.24) is 14.9 Å². The molecule has 5 heteroatoms. The first-order chi connectivity index (χ1) is 14.3. The third-order valence-electron chi connectivity index (χ3n) is 5.70. The van der Waals surface area contributed by atoms with E-state index in [0.717, 1.165) is 43.8 Å². The zero-order valence-corrected chi connectivity index (χ0v) is 17.2. The van der Waals surface area contributed by atoms with E-state index in [1.165, 1.54) is 16.0 Å². The number of fused-ring (bicyclic) bond motifs is 1. The lowest BCUT2D eigenvalue weighted by atomic mass is 9.94. The van der Waals surface area contributed by atoms with Crippen LogP contribution >= 0.6 is 11.3 Å². The molecule has 0 spiro atoms. The molecule has 4 aromatic rings. The quantitative estimate of drug-likeness (QED) is 0.481. The molecule has 0 bridgehead atoms. The van der Waals surface area contributed by atoms with Gasteiger partial charge in [0.25, 0.3) is 0 Å². The Hall–Kier alpha value is -2.63. The van der Waals surface area contributed by atoms with Gasteiger partial charge in [0, 0.05) is 17.0 Å². The van der Waals surface area contributed by atoms with Gasteiger partial charge in [0.05, 0.1) is 17.6 Å². The summed E-state index contributed by atoms with van der Waals surface area (Å²) in [5, 5.41) is 9.62. The number of nitrogens with one attached hydrogen (secondary N) is 2. The third kappa shape index (κ3) is 4.21. The van der Waals surface area contributed by atoms with Gasteiger partial charge in [-0.1, -0.05) is 48.5 Å². The van der Waals surface area contributed by atoms with Crippen LogP contribution in [0.2, 0.25) is 0 Å². The summed E-state index contributed by atoms with van der Waals surface area (Å²) in [4.78, 5) is 6.28. The van der Waals surface area contributed by atoms with E-state index in [2.05, 4.69) is 87.3 Å². The Morgan fingerprint density at radius 3 is 2.76 bits per heavy atom. The predicted octanol–water partition coefficient (Wildman–Crippen LogP) is 4.92. The molecular weight excluding hydrogens is 376 g/mol. The maximum Gasteiger partial charge on any atom is 0.204 e. The van der Waals surface area contributed by atoms with Gasteiger partial charge in [0.15, 0.2) is 0 Å². The number of benzene rings is 2. The van der Waals surface area contributed by atoms with Crippen LogP contribution < -0.4 is 10.6 Å². The van der Waals surface area contributed by atoms with Gasteiger partial charge >= 0.3 is 0 Å². The van der Waals surface area contributed by atoms with Crippen molar-refractivity contribution >= 4 is 28.3 Å². The zero-order chi connectivity index (χ0) is 19.5. The fourth-order valence-corrected chi connectivity index (χ4v) is 4.97. The Balaban J connectivity index is 1.35.